The first-order valence-electron chi connectivity index (χ1n) is 18.3. The molecule has 6 aliphatic rings. The van der Waals surface area contributed by atoms with Crippen molar-refractivity contribution in [1.29, 1.82) is 0 Å². The summed E-state index contributed by atoms with van der Waals surface area (Å²) in [6.45, 7) is 2.22. The molecule has 0 saturated heterocycles. The molecule has 0 fully saturated rings. The van der Waals surface area contributed by atoms with Crippen LogP contribution in [0.1, 0.15) is 114 Å². The van der Waals surface area contributed by atoms with Crippen LogP contribution in [0.25, 0.3) is 0 Å². The SMILES string of the molecule is C.CI.ICSI.O=C(O)CC1CCc2ccc3c(c21)CCO3.O=C(O)CC1CCc2ccc3c(c21)CCO3.O=C(O)C[C@@H]1CCc2ccc3c(c21)CCO3.S. The van der Waals surface area contributed by atoms with Gasteiger partial charge in [0, 0.05) is 36.0 Å². The number of aliphatic carboxylic acids is 3. The number of carboxylic acid groups (broad SMARTS) is 3. The lowest BCUT2D eigenvalue weighted by Gasteiger charge is -2.12. The van der Waals surface area contributed by atoms with Crippen molar-refractivity contribution in [3.05, 3.63) is 86.5 Å². The van der Waals surface area contributed by atoms with E-state index in [0.717, 1.165) is 94.9 Å². The molecule has 3 aromatic carbocycles. The highest BCUT2D eigenvalue weighted by molar-refractivity contribution is 14.2. The second kappa shape index (κ2) is 23.8. The Hall–Kier alpha value is -1.64. The summed E-state index contributed by atoms with van der Waals surface area (Å²) in [6, 6.07) is 12.4. The Kier molecular flexibility index (Phi) is 20.7. The van der Waals surface area contributed by atoms with Crippen LogP contribution < -0.4 is 14.2 Å². The molecule has 3 aliphatic carbocycles. The summed E-state index contributed by atoms with van der Waals surface area (Å²) in [4.78, 5) is 34.5. The topological polar surface area (TPSA) is 140 Å². The number of benzene rings is 3. The monoisotopic (exact) mass is 1150 g/mol. The summed E-state index contributed by atoms with van der Waals surface area (Å²) in [5.74, 6) is 1.40. The molecule has 9 rings (SSSR count). The van der Waals surface area contributed by atoms with E-state index in [2.05, 4.69) is 84.6 Å². The van der Waals surface area contributed by atoms with E-state index in [1.165, 1.54) is 53.8 Å². The number of rotatable bonds is 7. The highest BCUT2D eigenvalue weighted by Crippen LogP contribution is 2.45. The fourth-order valence-corrected chi connectivity index (χ4v) is 8.89. The predicted molar refractivity (Wildman–Crippen MR) is 254 cm³/mol. The first-order chi connectivity index (χ1) is 26.2. The predicted octanol–water partition coefficient (Wildman–Crippen LogP) is 10.6. The van der Waals surface area contributed by atoms with Crippen LogP contribution >= 0.6 is 88.8 Å². The van der Waals surface area contributed by atoms with Crippen LogP contribution in [0.4, 0.5) is 0 Å². The molecule has 0 bridgehead atoms. The van der Waals surface area contributed by atoms with Gasteiger partial charge in [-0.3, -0.25) is 14.4 Å². The van der Waals surface area contributed by atoms with Gasteiger partial charge in [-0.25, -0.2) is 0 Å². The second-order valence-electron chi connectivity index (χ2n) is 13.9. The van der Waals surface area contributed by atoms with Crippen LogP contribution in [0.2, 0.25) is 0 Å². The largest absolute Gasteiger partial charge is 0.493 e. The third-order valence-corrected chi connectivity index (χ3v) is 16.4. The van der Waals surface area contributed by atoms with Gasteiger partial charge in [-0.2, -0.15) is 13.5 Å². The van der Waals surface area contributed by atoms with Crippen molar-refractivity contribution in [1.82, 2.24) is 0 Å². The van der Waals surface area contributed by atoms with E-state index in [1.54, 1.807) is 0 Å². The zero-order valence-corrected chi connectivity index (χ0v) is 39.1. The highest BCUT2D eigenvalue weighted by atomic mass is 127. The average molecular weight is 1150 g/mol. The maximum Gasteiger partial charge on any atom is 0.303 e. The van der Waals surface area contributed by atoms with Gasteiger partial charge in [-0.15, -0.1) is 0 Å². The van der Waals surface area contributed by atoms with Crippen LogP contribution in [0.3, 0.4) is 0 Å². The molecule has 56 heavy (non-hydrogen) atoms. The van der Waals surface area contributed by atoms with E-state index in [9.17, 15) is 14.4 Å². The molecular weight excluding hydrogens is 1090 g/mol. The fourth-order valence-electron chi connectivity index (χ4n) is 8.89. The third-order valence-electron chi connectivity index (χ3n) is 10.9. The molecule has 0 spiro atoms. The van der Waals surface area contributed by atoms with Gasteiger partial charge in [0.25, 0.3) is 0 Å². The Morgan fingerprint density at radius 1 is 0.589 bits per heavy atom. The summed E-state index contributed by atoms with van der Waals surface area (Å²) < 4.78 is 17.8. The van der Waals surface area contributed by atoms with Crippen molar-refractivity contribution in [3.8, 4) is 17.2 Å². The van der Waals surface area contributed by atoms with Crippen LogP contribution in [0.5, 0.6) is 17.2 Å². The summed E-state index contributed by atoms with van der Waals surface area (Å²) in [5, 5.41) is 26.8. The first kappa shape index (κ1) is 48.7. The summed E-state index contributed by atoms with van der Waals surface area (Å²) >= 11 is 6.72. The number of halogens is 3. The summed E-state index contributed by atoms with van der Waals surface area (Å²) in [7, 11) is 1.81. The minimum Gasteiger partial charge on any atom is -0.493 e. The Balaban J connectivity index is 0.000000207. The lowest BCUT2D eigenvalue weighted by Crippen LogP contribution is -2.05. The quantitative estimate of drug-likeness (QED) is 0.155. The highest BCUT2D eigenvalue weighted by Gasteiger charge is 2.33. The molecule has 0 amide bonds. The molecule has 14 heteroatoms. The lowest BCUT2D eigenvalue weighted by molar-refractivity contribution is -0.138. The molecule has 308 valence electrons. The number of ether oxygens (including phenoxy) is 3. The van der Waals surface area contributed by atoms with Crippen molar-refractivity contribution in [2.24, 2.45) is 0 Å². The minimum atomic E-state index is -0.700. The number of carbonyl (C=O) groups is 3. The van der Waals surface area contributed by atoms with E-state index in [4.69, 9.17) is 29.5 Å². The van der Waals surface area contributed by atoms with E-state index in [0.29, 0.717) is 0 Å². The van der Waals surface area contributed by atoms with Gasteiger partial charge in [-0.1, -0.05) is 79.7 Å². The smallest absolute Gasteiger partial charge is 0.303 e. The molecule has 0 radical (unpaired) electrons. The summed E-state index contributed by atoms with van der Waals surface area (Å²) in [5.41, 5.74) is 11.6. The first-order valence-corrected chi connectivity index (χ1v) is 25.5. The number of hydrogen-bond acceptors (Lipinski definition) is 7. The Morgan fingerprint density at radius 3 is 1.09 bits per heavy atom. The average Bonchev–Trinajstić information content (AvgIpc) is 4.01. The maximum atomic E-state index is 10.8. The van der Waals surface area contributed by atoms with E-state index < -0.39 is 17.9 Å². The number of alkyl halides is 2. The number of hydrogen-bond donors (Lipinski definition) is 3. The maximum absolute atomic E-state index is 10.8. The van der Waals surface area contributed by atoms with Gasteiger partial charge < -0.3 is 29.5 Å². The molecule has 3 atom stereocenters. The van der Waals surface area contributed by atoms with E-state index >= 15 is 0 Å². The van der Waals surface area contributed by atoms with E-state index in [-0.39, 0.29) is 57.9 Å². The fraction of sp³-hybridized carbons (Fsp3) is 0.500. The van der Waals surface area contributed by atoms with E-state index in [1.807, 2.05) is 32.1 Å². The van der Waals surface area contributed by atoms with Gasteiger partial charge in [-0.05, 0) is 134 Å². The minimum absolute atomic E-state index is 0. The Bertz CT molecular complexity index is 1620. The van der Waals surface area contributed by atoms with Crippen LogP contribution in [0.15, 0.2) is 36.4 Å². The molecule has 3 aromatic rings. The Labute approximate surface area is 381 Å². The lowest BCUT2D eigenvalue weighted by atomic mass is 9.92. The van der Waals surface area contributed by atoms with Gasteiger partial charge in [0.15, 0.2) is 0 Å². The van der Waals surface area contributed by atoms with Crippen molar-refractivity contribution in [2.75, 3.05) is 28.5 Å². The molecule has 3 aliphatic heterocycles. The number of aryl methyl sites for hydroxylation is 3. The second-order valence-corrected chi connectivity index (χ2v) is 18.0. The van der Waals surface area contributed by atoms with Crippen LogP contribution in [0, 0.1) is 0 Å². The molecule has 3 heterocycles. The molecule has 9 nitrogen and oxygen atoms in total. The van der Waals surface area contributed by atoms with Gasteiger partial charge in [0.05, 0.1) is 42.8 Å². The molecule has 0 aromatic heterocycles. The molecule has 3 N–H and O–H groups in total. The van der Waals surface area contributed by atoms with Crippen molar-refractivity contribution in [2.45, 2.75) is 102 Å². The van der Waals surface area contributed by atoms with Crippen molar-refractivity contribution in [3.63, 3.8) is 0 Å². The van der Waals surface area contributed by atoms with Crippen molar-refractivity contribution >= 4 is 107 Å². The number of carboxylic acids is 3. The zero-order chi connectivity index (χ0) is 38.8. The van der Waals surface area contributed by atoms with Crippen molar-refractivity contribution < 1.29 is 43.9 Å². The molecular formula is C42H53I3O9S2. The molecule has 0 saturated carbocycles. The Morgan fingerprint density at radius 2 is 0.857 bits per heavy atom. The standard InChI is InChI=1S/3C13H14O3.CH2I2S.CH3I.CH4.H2S/c3*14-12(15)7-9-2-1-8-3-4-11-10(13(8)9)5-6-16-11;2-1-4-3;1-2;;/h3*3-4,9H,1-2,5-7H2,(H,14,15);1H2;1H3;1H4;1H2/t9-;;;;;;/m0....../s1. The van der Waals surface area contributed by atoms with Crippen LogP contribution in [-0.4, -0.2) is 61.7 Å². The third kappa shape index (κ3) is 12.0. The van der Waals surface area contributed by atoms with Gasteiger partial charge in [0.2, 0.25) is 0 Å². The summed E-state index contributed by atoms with van der Waals surface area (Å²) in [6.07, 6.45) is 9.53. The van der Waals surface area contributed by atoms with Gasteiger partial charge in [0.1, 0.15) is 17.2 Å². The zero-order valence-electron chi connectivity index (χ0n) is 30.8. The van der Waals surface area contributed by atoms with Crippen LogP contribution in [-0.2, 0) is 52.9 Å². The number of fused-ring (bicyclic) bond motifs is 9. The molecule has 2 unspecified atom stereocenters. The normalized spacial score (nSPS) is 19.0. The van der Waals surface area contributed by atoms with Gasteiger partial charge >= 0.3 is 17.9 Å².